The van der Waals surface area contributed by atoms with E-state index in [0.29, 0.717) is 5.38 Å². The third kappa shape index (κ3) is 2.26. The first-order chi connectivity index (χ1) is 8.20. The number of ether oxygens (including phenoxy) is 1. The lowest BCUT2D eigenvalue weighted by atomic mass is 9.74. The average molecular weight is 257 g/mol. The SMILES string of the molecule is CC1C(Cl)CCC1C1CCOC2(CCCC2)C1. The Morgan fingerprint density at radius 3 is 2.53 bits per heavy atom. The van der Waals surface area contributed by atoms with Gasteiger partial charge in [-0.25, -0.2) is 0 Å². The molecule has 2 heteroatoms. The van der Waals surface area contributed by atoms with Crippen LogP contribution >= 0.6 is 11.6 Å². The number of hydrogen-bond donors (Lipinski definition) is 0. The molecule has 2 aliphatic carbocycles. The Morgan fingerprint density at radius 1 is 1.12 bits per heavy atom. The topological polar surface area (TPSA) is 9.23 Å². The predicted molar refractivity (Wildman–Crippen MR) is 71.4 cm³/mol. The summed E-state index contributed by atoms with van der Waals surface area (Å²) in [5.74, 6) is 2.48. The first-order valence-corrected chi connectivity index (χ1v) is 7.92. The molecule has 0 amide bonds. The second-order valence-electron chi connectivity index (χ2n) is 6.61. The van der Waals surface area contributed by atoms with Crippen LogP contribution in [0.2, 0.25) is 0 Å². The second kappa shape index (κ2) is 4.74. The summed E-state index contributed by atoms with van der Waals surface area (Å²) >= 11 is 6.40. The quantitative estimate of drug-likeness (QED) is 0.633. The van der Waals surface area contributed by atoms with E-state index in [1.165, 1.54) is 51.4 Å². The molecule has 0 aromatic carbocycles. The van der Waals surface area contributed by atoms with E-state index in [4.69, 9.17) is 16.3 Å². The molecule has 3 rings (SSSR count). The monoisotopic (exact) mass is 256 g/mol. The fourth-order valence-corrected chi connectivity index (χ4v) is 4.92. The van der Waals surface area contributed by atoms with Gasteiger partial charge in [-0.1, -0.05) is 19.8 Å². The highest BCUT2D eigenvalue weighted by Crippen LogP contribution is 2.49. The molecule has 4 unspecified atom stereocenters. The van der Waals surface area contributed by atoms with Gasteiger partial charge in [0.25, 0.3) is 0 Å². The fraction of sp³-hybridized carbons (Fsp3) is 1.00. The van der Waals surface area contributed by atoms with Crippen molar-refractivity contribution in [3.8, 4) is 0 Å². The molecule has 2 saturated carbocycles. The van der Waals surface area contributed by atoms with E-state index in [9.17, 15) is 0 Å². The number of alkyl halides is 1. The molecule has 0 radical (unpaired) electrons. The van der Waals surface area contributed by atoms with Gasteiger partial charge in [0.2, 0.25) is 0 Å². The maximum Gasteiger partial charge on any atom is 0.0685 e. The van der Waals surface area contributed by atoms with Crippen LogP contribution in [0.5, 0.6) is 0 Å². The third-order valence-corrected chi connectivity index (χ3v) is 6.29. The highest BCUT2D eigenvalue weighted by Gasteiger charge is 2.45. The third-order valence-electron chi connectivity index (χ3n) is 5.67. The van der Waals surface area contributed by atoms with Crippen LogP contribution < -0.4 is 0 Å². The van der Waals surface area contributed by atoms with Gasteiger partial charge in [-0.3, -0.25) is 0 Å². The van der Waals surface area contributed by atoms with E-state index >= 15 is 0 Å². The lowest BCUT2D eigenvalue weighted by Crippen LogP contribution is -2.40. The summed E-state index contributed by atoms with van der Waals surface area (Å²) in [5.41, 5.74) is 0.285. The van der Waals surface area contributed by atoms with E-state index in [1.54, 1.807) is 0 Å². The Bertz CT molecular complexity index is 272. The zero-order valence-corrected chi connectivity index (χ0v) is 11.7. The summed E-state index contributed by atoms with van der Waals surface area (Å²) < 4.78 is 6.15. The van der Waals surface area contributed by atoms with Gasteiger partial charge in [-0.2, -0.15) is 0 Å². The molecule has 1 saturated heterocycles. The van der Waals surface area contributed by atoms with Crippen LogP contribution in [0.3, 0.4) is 0 Å². The van der Waals surface area contributed by atoms with E-state index in [1.807, 2.05) is 0 Å². The zero-order chi connectivity index (χ0) is 11.9. The lowest BCUT2D eigenvalue weighted by Gasteiger charge is -2.41. The molecule has 3 aliphatic rings. The molecule has 4 atom stereocenters. The van der Waals surface area contributed by atoms with Crippen molar-refractivity contribution < 1.29 is 4.74 Å². The number of hydrogen-bond acceptors (Lipinski definition) is 1. The van der Waals surface area contributed by atoms with Crippen molar-refractivity contribution in [2.24, 2.45) is 17.8 Å². The highest BCUT2D eigenvalue weighted by atomic mass is 35.5. The second-order valence-corrected chi connectivity index (χ2v) is 7.17. The van der Waals surface area contributed by atoms with Gasteiger partial charge in [0.1, 0.15) is 0 Å². The van der Waals surface area contributed by atoms with Crippen molar-refractivity contribution in [3.63, 3.8) is 0 Å². The van der Waals surface area contributed by atoms with Gasteiger partial charge in [0, 0.05) is 12.0 Å². The molecule has 0 bridgehead atoms. The van der Waals surface area contributed by atoms with Crippen LogP contribution in [0.4, 0.5) is 0 Å². The van der Waals surface area contributed by atoms with Gasteiger partial charge in [-0.15, -0.1) is 11.6 Å². The van der Waals surface area contributed by atoms with Crippen molar-refractivity contribution >= 4 is 11.6 Å². The molecular formula is C15H25ClO. The molecule has 3 fully saturated rings. The molecule has 0 aromatic heterocycles. The van der Waals surface area contributed by atoms with Gasteiger partial charge in [0.05, 0.1) is 5.60 Å². The smallest absolute Gasteiger partial charge is 0.0685 e. The minimum Gasteiger partial charge on any atom is -0.375 e. The van der Waals surface area contributed by atoms with Crippen molar-refractivity contribution in [1.82, 2.24) is 0 Å². The van der Waals surface area contributed by atoms with Gasteiger partial charge < -0.3 is 4.74 Å². The minimum atomic E-state index is 0.285. The van der Waals surface area contributed by atoms with E-state index in [0.717, 1.165) is 24.4 Å². The van der Waals surface area contributed by atoms with Crippen LogP contribution in [0.1, 0.15) is 58.3 Å². The predicted octanol–water partition coefficient (Wildman–Crippen LogP) is 4.38. The normalized spacial score (nSPS) is 45.5. The van der Waals surface area contributed by atoms with Crippen LogP contribution in [0, 0.1) is 17.8 Å². The molecular weight excluding hydrogens is 232 g/mol. The maximum atomic E-state index is 6.40. The highest BCUT2D eigenvalue weighted by molar-refractivity contribution is 6.20. The summed E-state index contributed by atoms with van der Waals surface area (Å²) in [5, 5.41) is 0.433. The Hall–Kier alpha value is 0.250. The molecule has 98 valence electrons. The average Bonchev–Trinajstić information content (AvgIpc) is 2.89. The molecule has 1 heterocycles. The van der Waals surface area contributed by atoms with Crippen molar-refractivity contribution in [2.45, 2.75) is 69.3 Å². The molecule has 1 spiro atoms. The molecule has 17 heavy (non-hydrogen) atoms. The van der Waals surface area contributed by atoms with E-state index < -0.39 is 0 Å². The molecule has 0 aromatic rings. The Kier molecular flexibility index (Phi) is 3.42. The summed E-state index contributed by atoms with van der Waals surface area (Å²) in [6, 6.07) is 0. The van der Waals surface area contributed by atoms with Crippen molar-refractivity contribution in [2.75, 3.05) is 6.61 Å². The van der Waals surface area contributed by atoms with E-state index in [-0.39, 0.29) is 5.60 Å². The molecule has 1 aliphatic heterocycles. The first kappa shape index (κ1) is 12.3. The van der Waals surface area contributed by atoms with Crippen LogP contribution in [0.15, 0.2) is 0 Å². The van der Waals surface area contributed by atoms with Crippen molar-refractivity contribution in [3.05, 3.63) is 0 Å². The largest absolute Gasteiger partial charge is 0.375 e. The van der Waals surface area contributed by atoms with Crippen LogP contribution in [0.25, 0.3) is 0 Å². The molecule has 0 N–H and O–H groups in total. The van der Waals surface area contributed by atoms with Crippen LogP contribution in [-0.4, -0.2) is 17.6 Å². The Labute approximate surface area is 110 Å². The number of halogens is 1. The van der Waals surface area contributed by atoms with E-state index in [2.05, 4.69) is 6.92 Å². The fourth-order valence-electron chi connectivity index (χ4n) is 4.61. The summed E-state index contributed by atoms with van der Waals surface area (Å²) in [6.45, 7) is 3.37. The molecule has 1 nitrogen and oxygen atoms in total. The first-order valence-electron chi connectivity index (χ1n) is 7.48. The van der Waals surface area contributed by atoms with Crippen LogP contribution in [-0.2, 0) is 4.74 Å². The standard InChI is InChI=1S/C15H25ClO/c1-11-13(4-5-14(11)16)12-6-9-17-15(10-12)7-2-3-8-15/h11-14H,2-10H2,1H3. The Morgan fingerprint density at radius 2 is 1.88 bits per heavy atom. The summed E-state index contributed by atoms with van der Waals surface area (Å²) in [4.78, 5) is 0. The lowest BCUT2D eigenvalue weighted by molar-refractivity contribution is -0.104. The Balaban J connectivity index is 1.67. The summed E-state index contributed by atoms with van der Waals surface area (Å²) in [6.07, 6.45) is 10.6. The van der Waals surface area contributed by atoms with Gasteiger partial charge >= 0.3 is 0 Å². The number of rotatable bonds is 1. The maximum absolute atomic E-state index is 6.40. The van der Waals surface area contributed by atoms with Crippen molar-refractivity contribution in [1.29, 1.82) is 0 Å². The zero-order valence-electron chi connectivity index (χ0n) is 11.0. The van der Waals surface area contributed by atoms with Gasteiger partial charge in [-0.05, 0) is 56.3 Å². The summed E-state index contributed by atoms with van der Waals surface area (Å²) in [7, 11) is 0. The minimum absolute atomic E-state index is 0.285. The van der Waals surface area contributed by atoms with Gasteiger partial charge in [0.15, 0.2) is 0 Å².